The van der Waals surface area contributed by atoms with Crippen molar-refractivity contribution in [3.05, 3.63) is 0 Å². The van der Waals surface area contributed by atoms with Crippen molar-refractivity contribution in [1.82, 2.24) is 0 Å². The van der Waals surface area contributed by atoms with E-state index < -0.39 is 73.9 Å². The zero-order valence-corrected chi connectivity index (χ0v) is 12.0. The second-order valence-corrected chi connectivity index (χ2v) is 5.83. The number of rotatable bonds is 4. The Kier molecular flexibility index (Phi) is 5.31. The van der Waals surface area contributed by atoms with Crippen LogP contribution in [0.25, 0.3) is 0 Å². The summed E-state index contributed by atoms with van der Waals surface area (Å²) in [5, 5.41) is 88.0. The molecule has 9 atom stereocenters. The van der Waals surface area contributed by atoms with Gasteiger partial charge >= 0.3 is 0 Å². The highest BCUT2D eigenvalue weighted by atomic mass is 16.7. The summed E-state index contributed by atoms with van der Waals surface area (Å²) in [4.78, 5) is 0. The molecule has 0 aromatic heterocycles. The molecule has 23 heavy (non-hydrogen) atoms. The van der Waals surface area contributed by atoms with Crippen molar-refractivity contribution in [3.63, 3.8) is 0 Å². The van der Waals surface area contributed by atoms with Crippen molar-refractivity contribution >= 4 is 0 Å². The van der Waals surface area contributed by atoms with Crippen LogP contribution in [0.5, 0.6) is 0 Å². The Bertz CT molecular complexity index is 420. The van der Waals surface area contributed by atoms with E-state index >= 15 is 0 Å². The summed E-state index contributed by atoms with van der Waals surface area (Å²) < 4.78 is 10.0. The minimum Gasteiger partial charge on any atom is -0.394 e. The van der Waals surface area contributed by atoms with Crippen molar-refractivity contribution in [1.29, 1.82) is 0 Å². The molecule has 2 aliphatic rings. The van der Waals surface area contributed by atoms with Crippen molar-refractivity contribution in [2.75, 3.05) is 19.8 Å². The monoisotopic (exact) mass is 342 g/mol. The van der Waals surface area contributed by atoms with Gasteiger partial charge in [-0.05, 0) is 0 Å². The Morgan fingerprint density at radius 2 is 1.43 bits per heavy atom. The third-order valence-electron chi connectivity index (χ3n) is 4.47. The van der Waals surface area contributed by atoms with Crippen LogP contribution in [0.3, 0.4) is 0 Å². The molecular weight excluding hydrogens is 320 g/mol. The first-order valence-electron chi connectivity index (χ1n) is 7.00. The molecule has 0 aromatic rings. The van der Waals surface area contributed by atoms with E-state index in [0.717, 1.165) is 0 Å². The fourth-order valence-corrected chi connectivity index (χ4v) is 3.07. The van der Waals surface area contributed by atoms with E-state index in [2.05, 4.69) is 0 Å². The molecule has 11 nitrogen and oxygen atoms in total. The van der Waals surface area contributed by atoms with E-state index in [-0.39, 0.29) is 0 Å². The van der Waals surface area contributed by atoms with Crippen LogP contribution in [-0.2, 0) is 9.47 Å². The van der Waals surface area contributed by atoms with Gasteiger partial charge in [0.05, 0.1) is 19.8 Å². The van der Waals surface area contributed by atoms with E-state index in [1.807, 2.05) is 0 Å². The Hall–Kier alpha value is -0.440. The molecule has 0 radical (unpaired) electrons. The first-order valence-corrected chi connectivity index (χ1v) is 7.00. The molecule has 2 aliphatic heterocycles. The van der Waals surface area contributed by atoms with E-state index in [9.17, 15) is 35.7 Å². The van der Waals surface area contributed by atoms with Crippen molar-refractivity contribution < 1.29 is 55.4 Å². The molecule has 11 heteroatoms. The SMILES string of the molecule is OC[C@H]1O[C@H]([C@@]2(O)[C@@H](CO)O[C@@](O)(CO)[C@H]2O)[C@H](O)[C@@H](O)[C@H]1O. The molecule has 0 aromatic carbocycles. The summed E-state index contributed by atoms with van der Waals surface area (Å²) in [6.45, 7) is -2.84. The van der Waals surface area contributed by atoms with Gasteiger partial charge in [0, 0.05) is 0 Å². The summed E-state index contributed by atoms with van der Waals surface area (Å²) in [7, 11) is 0. The average Bonchev–Trinajstić information content (AvgIpc) is 2.75. The van der Waals surface area contributed by atoms with Gasteiger partial charge in [-0.1, -0.05) is 0 Å². The summed E-state index contributed by atoms with van der Waals surface area (Å²) in [5.41, 5.74) is -2.64. The normalized spacial score (nSPS) is 54.4. The molecule has 2 rings (SSSR count). The van der Waals surface area contributed by atoms with Crippen LogP contribution in [0.2, 0.25) is 0 Å². The Morgan fingerprint density at radius 1 is 0.826 bits per heavy atom. The quantitative estimate of drug-likeness (QED) is 0.235. The van der Waals surface area contributed by atoms with Crippen LogP contribution < -0.4 is 0 Å². The number of hydrogen-bond donors (Lipinski definition) is 9. The van der Waals surface area contributed by atoms with Gasteiger partial charge in [-0.15, -0.1) is 0 Å². The largest absolute Gasteiger partial charge is 0.394 e. The van der Waals surface area contributed by atoms with Gasteiger partial charge < -0.3 is 55.4 Å². The molecule has 2 fully saturated rings. The van der Waals surface area contributed by atoms with Gasteiger partial charge in [-0.2, -0.15) is 0 Å². The first-order chi connectivity index (χ1) is 10.7. The fraction of sp³-hybridized carbons (Fsp3) is 1.00. The van der Waals surface area contributed by atoms with Crippen LogP contribution in [-0.4, -0.2) is 120 Å². The van der Waals surface area contributed by atoms with Crippen LogP contribution in [0, 0.1) is 0 Å². The summed E-state index contributed by atoms with van der Waals surface area (Å²) in [5.74, 6) is -2.64. The van der Waals surface area contributed by atoms with Gasteiger partial charge in [-0.3, -0.25) is 0 Å². The molecule has 136 valence electrons. The lowest BCUT2D eigenvalue weighted by Gasteiger charge is -2.47. The third kappa shape index (κ3) is 2.67. The molecule has 0 amide bonds. The van der Waals surface area contributed by atoms with Crippen molar-refractivity contribution in [3.8, 4) is 0 Å². The third-order valence-corrected chi connectivity index (χ3v) is 4.47. The highest BCUT2D eigenvalue weighted by Gasteiger charge is 2.69. The van der Waals surface area contributed by atoms with Gasteiger partial charge in [0.1, 0.15) is 42.7 Å². The second-order valence-electron chi connectivity index (χ2n) is 5.83. The molecule has 0 saturated carbocycles. The maximum Gasteiger partial charge on any atom is 0.219 e. The summed E-state index contributed by atoms with van der Waals surface area (Å²) in [6.07, 6.45) is -12.6. The first kappa shape index (κ1) is 18.9. The average molecular weight is 342 g/mol. The van der Waals surface area contributed by atoms with Crippen LogP contribution in [0.1, 0.15) is 0 Å². The van der Waals surface area contributed by atoms with Crippen LogP contribution >= 0.6 is 0 Å². The molecular formula is C12H22O11. The lowest BCUT2D eigenvalue weighted by molar-refractivity contribution is -0.290. The van der Waals surface area contributed by atoms with Crippen molar-refractivity contribution in [2.45, 2.75) is 54.1 Å². The summed E-state index contributed by atoms with van der Waals surface area (Å²) >= 11 is 0. The molecule has 0 bridgehead atoms. The minimum atomic E-state index is -2.64. The Morgan fingerprint density at radius 3 is 1.91 bits per heavy atom. The van der Waals surface area contributed by atoms with Crippen LogP contribution in [0.15, 0.2) is 0 Å². The molecule has 0 aliphatic carbocycles. The van der Waals surface area contributed by atoms with Gasteiger partial charge in [0.2, 0.25) is 5.79 Å². The number of hydrogen-bond acceptors (Lipinski definition) is 11. The molecule has 2 heterocycles. The highest BCUT2D eigenvalue weighted by Crippen LogP contribution is 2.43. The summed E-state index contributed by atoms with van der Waals surface area (Å²) in [6, 6.07) is 0. The lowest BCUT2D eigenvalue weighted by Crippen LogP contribution is -2.71. The van der Waals surface area contributed by atoms with Gasteiger partial charge in [0.25, 0.3) is 0 Å². The lowest BCUT2D eigenvalue weighted by atomic mass is 9.78. The molecule has 0 unspecified atom stereocenters. The number of ether oxygens (including phenoxy) is 2. The smallest absolute Gasteiger partial charge is 0.219 e. The van der Waals surface area contributed by atoms with E-state index in [4.69, 9.17) is 19.7 Å². The van der Waals surface area contributed by atoms with Gasteiger partial charge in [0.15, 0.2) is 5.60 Å². The molecule has 0 spiro atoms. The zero-order chi connectivity index (χ0) is 17.6. The number of aliphatic hydroxyl groups excluding tert-OH is 7. The predicted molar refractivity (Wildman–Crippen MR) is 68.7 cm³/mol. The zero-order valence-electron chi connectivity index (χ0n) is 12.0. The van der Waals surface area contributed by atoms with Crippen molar-refractivity contribution in [2.24, 2.45) is 0 Å². The Labute approximate surface area is 130 Å². The second kappa shape index (κ2) is 6.46. The number of aliphatic hydroxyl groups is 9. The van der Waals surface area contributed by atoms with E-state index in [1.165, 1.54) is 0 Å². The fourth-order valence-electron chi connectivity index (χ4n) is 3.07. The molecule has 2 saturated heterocycles. The van der Waals surface area contributed by atoms with Crippen LogP contribution in [0.4, 0.5) is 0 Å². The maximum atomic E-state index is 10.7. The highest BCUT2D eigenvalue weighted by molar-refractivity contribution is 5.14. The van der Waals surface area contributed by atoms with Gasteiger partial charge in [-0.25, -0.2) is 0 Å². The molecule has 9 N–H and O–H groups in total. The predicted octanol–water partition coefficient (Wildman–Crippen LogP) is -6.01. The standard InChI is InChI=1S/C12H22O11/c13-1-4-6(16)7(17)8(18)9(22-4)12(21)5(2-14)23-11(20,3-15)10(12)19/h4-10,13-21H,1-3H2/t4-,5-,6+,7+,8-,9+,10-,11+,12+/m1/s1. The topological polar surface area (TPSA) is 201 Å². The van der Waals surface area contributed by atoms with E-state index in [0.29, 0.717) is 0 Å². The van der Waals surface area contributed by atoms with E-state index in [1.54, 1.807) is 0 Å². The maximum absolute atomic E-state index is 10.7. The minimum absolute atomic E-state index is 0.775. The Balaban J connectivity index is 2.40.